The molecule has 2 atom stereocenters. The molecule has 1 aromatic carbocycles. The molecule has 27 heavy (non-hydrogen) atoms. The molecule has 0 aromatic heterocycles. The van der Waals surface area contributed by atoms with Crippen LogP contribution in [0.3, 0.4) is 0 Å². The average molecular weight is 371 g/mol. The van der Waals surface area contributed by atoms with E-state index in [-0.39, 0.29) is 35.4 Å². The molecule has 6 heteroatoms. The summed E-state index contributed by atoms with van der Waals surface area (Å²) >= 11 is 0. The van der Waals surface area contributed by atoms with E-state index < -0.39 is 0 Å². The third kappa shape index (κ3) is 3.36. The molecule has 0 aliphatic carbocycles. The van der Waals surface area contributed by atoms with Crippen LogP contribution in [0.1, 0.15) is 25.8 Å². The van der Waals surface area contributed by atoms with Gasteiger partial charge in [-0.15, -0.1) is 0 Å². The molecule has 0 unspecified atom stereocenters. The summed E-state index contributed by atoms with van der Waals surface area (Å²) in [5, 5.41) is 10.2. The second-order valence-corrected chi connectivity index (χ2v) is 8.71. The quantitative estimate of drug-likeness (QED) is 0.851. The predicted octanol–water partition coefficient (Wildman–Crippen LogP) is 0.744. The third-order valence-electron chi connectivity index (χ3n) is 6.24. The van der Waals surface area contributed by atoms with Crippen molar-refractivity contribution in [1.82, 2.24) is 14.7 Å². The first-order chi connectivity index (χ1) is 12.9. The first kappa shape index (κ1) is 18.4. The Labute approximate surface area is 160 Å². The van der Waals surface area contributed by atoms with E-state index in [4.69, 9.17) is 0 Å². The largest absolute Gasteiger partial charge is 0.392 e. The van der Waals surface area contributed by atoms with Gasteiger partial charge < -0.3 is 14.9 Å². The molecule has 0 bridgehead atoms. The zero-order valence-electron chi connectivity index (χ0n) is 16.2. The van der Waals surface area contributed by atoms with Crippen LogP contribution in [0.2, 0.25) is 0 Å². The number of amides is 2. The monoisotopic (exact) mass is 371 g/mol. The van der Waals surface area contributed by atoms with Crippen LogP contribution in [0, 0.1) is 5.92 Å². The Morgan fingerprint density at radius 3 is 2.44 bits per heavy atom. The van der Waals surface area contributed by atoms with Crippen molar-refractivity contribution in [2.24, 2.45) is 5.92 Å². The van der Waals surface area contributed by atoms with Crippen LogP contribution in [-0.2, 0) is 16.0 Å². The fraction of sp³-hybridized carbons (Fsp3) is 0.619. The van der Waals surface area contributed by atoms with Crippen molar-refractivity contribution in [2.45, 2.75) is 44.4 Å². The van der Waals surface area contributed by atoms with Crippen LogP contribution in [0.5, 0.6) is 0 Å². The number of nitrogens with zero attached hydrogens (tertiary/aromatic N) is 3. The second-order valence-electron chi connectivity index (χ2n) is 8.71. The van der Waals surface area contributed by atoms with Crippen LogP contribution in [0.15, 0.2) is 30.3 Å². The van der Waals surface area contributed by atoms with E-state index in [9.17, 15) is 14.7 Å². The number of fused-ring (bicyclic) bond motifs is 2. The molecule has 2 amide bonds. The summed E-state index contributed by atoms with van der Waals surface area (Å²) in [6.07, 6.45) is 0.786. The highest BCUT2D eigenvalue weighted by Crippen LogP contribution is 2.39. The Morgan fingerprint density at radius 2 is 1.78 bits per heavy atom. The lowest BCUT2D eigenvalue weighted by Gasteiger charge is -2.61. The molecule has 3 aliphatic heterocycles. The van der Waals surface area contributed by atoms with Crippen molar-refractivity contribution in [2.75, 3.05) is 32.7 Å². The molecule has 3 fully saturated rings. The van der Waals surface area contributed by atoms with Gasteiger partial charge in [-0.2, -0.15) is 0 Å². The first-order valence-corrected chi connectivity index (χ1v) is 9.93. The van der Waals surface area contributed by atoms with Gasteiger partial charge in [0.05, 0.1) is 18.1 Å². The van der Waals surface area contributed by atoms with Crippen molar-refractivity contribution in [3.8, 4) is 0 Å². The third-order valence-corrected chi connectivity index (χ3v) is 6.24. The minimum absolute atomic E-state index is 0.0316. The lowest BCUT2D eigenvalue weighted by atomic mass is 9.83. The average Bonchev–Trinajstić information content (AvgIpc) is 2.99. The summed E-state index contributed by atoms with van der Waals surface area (Å²) in [6, 6.07) is 10.0. The van der Waals surface area contributed by atoms with Gasteiger partial charge in [0.2, 0.25) is 11.8 Å². The van der Waals surface area contributed by atoms with Gasteiger partial charge in [0.1, 0.15) is 0 Å². The predicted molar refractivity (Wildman–Crippen MR) is 102 cm³/mol. The second kappa shape index (κ2) is 6.91. The Hall–Kier alpha value is -1.92. The molecule has 146 valence electrons. The van der Waals surface area contributed by atoms with E-state index >= 15 is 0 Å². The molecule has 1 spiro atoms. The molecule has 0 radical (unpaired) electrons. The van der Waals surface area contributed by atoms with Crippen LogP contribution < -0.4 is 0 Å². The smallest absolute Gasteiger partial charge is 0.227 e. The molecule has 3 heterocycles. The molecule has 3 saturated heterocycles. The number of piperazine rings is 1. The van der Waals surface area contributed by atoms with E-state index in [2.05, 4.69) is 4.90 Å². The normalized spacial score (nSPS) is 27.0. The van der Waals surface area contributed by atoms with E-state index in [1.165, 1.54) is 0 Å². The highest BCUT2D eigenvalue weighted by atomic mass is 16.3. The number of aliphatic hydroxyl groups excluding tert-OH is 1. The van der Waals surface area contributed by atoms with Crippen molar-refractivity contribution in [3.63, 3.8) is 0 Å². The maximum Gasteiger partial charge on any atom is 0.227 e. The number of β-amino-alcohol motifs (C(OH)–C–C–N with tert-alkyl or cyclic N) is 1. The minimum Gasteiger partial charge on any atom is -0.392 e. The van der Waals surface area contributed by atoms with Gasteiger partial charge in [0.25, 0.3) is 0 Å². The van der Waals surface area contributed by atoms with Crippen molar-refractivity contribution < 1.29 is 14.7 Å². The van der Waals surface area contributed by atoms with Crippen molar-refractivity contribution >= 4 is 11.8 Å². The number of hydrogen-bond acceptors (Lipinski definition) is 4. The molecule has 1 N–H and O–H groups in total. The molecular weight excluding hydrogens is 342 g/mol. The SMILES string of the molecule is CC(C)C(=O)N1C[C@H]2C[C@@H](O)CN2C2(CN(C(=O)Cc3ccccc3)C2)C1. The Morgan fingerprint density at radius 1 is 1.11 bits per heavy atom. The van der Waals surface area contributed by atoms with Gasteiger partial charge in [-0.1, -0.05) is 44.2 Å². The number of rotatable bonds is 3. The number of hydrogen-bond donors (Lipinski definition) is 1. The van der Waals surface area contributed by atoms with Gasteiger partial charge in [-0.3, -0.25) is 14.5 Å². The Balaban J connectivity index is 1.46. The summed E-state index contributed by atoms with van der Waals surface area (Å²) in [7, 11) is 0. The summed E-state index contributed by atoms with van der Waals surface area (Å²) in [5.74, 6) is 0.274. The van der Waals surface area contributed by atoms with E-state index in [0.29, 0.717) is 45.6 Å². The van der Waals surface area contributed by atoms with Crippen LogP contribution in [-0.4, -0.2) is 82.0 Å². The van der Waals surface area contributed by atoms with E-state index in [1.54, 1.807) is 0 Å². The van der Waals surface area contributed by atoms with Gasteiger partial charge in [-0.05, 0) is 12.0 Å². The first-order valence-electron chi connectivity index (χ1n) is 9.93. The van der Waals surface area contributed by atoms with Crippen LogP contribution in [0.25, 0.3) is 0 Å². The number of likely N-dealkylation sites (tertiary alicyclic amines) is 1. The number of carbonyl (C=O) groups is 2. The zero-order chi connectivity index (χ0) is 19.2. The fourth-order valence-electron chi connectivity index (χ4n) is 4.95. The van der Waals surface area contributed by atoms with Crippen LogP contribution >= 0.6 is 0 Å². The van der Waals surface area contributed by atoms with E-state index in [0.717, 1.165) is 5.56 Å². The molecule has 6 nitrogen and oxygen atoms in total. The molecule has 4 rings (SSSR count). The lowest BCUT2D eigenvalue weighted by molar-refractivity contribution is -0.162. The standard InChI is InChI=1S/C21H29N3O3/c1-15(2)20(27)22-10-17-9-18(25)11-24(17)21(12-22)13-23(14-21)19(26)8-16-6-4-3-5-7-16/h3-7,15,17-18,25H,8-14H2,1-2H3/t17-,18-/m1/s1. The topological polar surface area (TPSA) is 64.1 Å². The number of benzene rings is 1. The minimum atomic E-state index is -0.338. The van der Waals surface area contributed by atoms with Crippen LogP contribution in [0.4, 0.5) is 0 Å². The van der Waals surface area contributed by atoms with E-state index in [1.807, 2.05) is 54.0 Å². The summed E-state index contributed by atoms with van der Waals surface area (Å²) in [5.41, 5.74) is 0.829. The number of carbonyl (C=O) groups excluding carboxylic acids is 2. The maximum atomic E-state index is 12.7. The summed E-state index contributed by atoms with van der Waals surface area (Å²) in [6.45, 7) is 7.14. The summed E-state index contributed by atoms with van der Waals surface area (Å²) < 4.78 is 0. The van der Waals surface area contributed by atoms with Crippen molar-refractivity contribution in [1.29, 1.82) is 0 Å². The summed E-state index contributed by atoms with van der Waals surface area (Å²) in [4.78, 5) is 31.5. The molecular formula is C21H29N3O3. The Bertz CT molecular complexity index is 715. The molecule has 3 aliphatic rings. The fourth-order valence-corrected chi connectivity index (χ4v) is 4.95. The zero-order valence-corrected chi connectivity index (χ0v) is 16.2. The van der Waals surface area contributed by atoms with Gasteiger partial charge in [0.15, 0.2) is 0 Å². The number of aliphatic hydroxyl groups is 1. The molecule has 1 aromatic rings. The van der Waals surface area contributed by atoms with Gasteiger partial charge in [-0.25, -0.2) is 0 Å². The highest BCUT2D eigenvalue weighted by Gasteiger charge is 2.57. The lowest BCUT2D eigenvalue weighted by Crippen LogP contribution is -2.79. The Kier molecular flexibility index (Phi) is 4.72. The van der Waals surface area contributed by atoms with Gasteiger partial charge >= 0.3 is 0 Å². The molecule has 0 saturated carbocycles. The maximum absolute atomic E-state index is 12.7. The highest BCUT2D eigenvalue weighted by molar-refractivity contribution is 5.81. The van der Waals surface area contributed by atoms with Crippen molar-refractivity contribution in [3.05, 3.63) is 35.9 Å². The van der Waals surface area contributed by atoms with Gasteiger partial charge in [0, 0.05) is 44.7 Å².